The molecule has 0 bridgehead atoms. The summed E-state index contributed by atoms with van der Waals surface area (Å²) in [5, 5.41) is 0. The first kappa shape index (κ1) is 11.4. The number of hydrogen-bond acceptors (Lipinski definition) is 4. The van der Waals surface area contributed by atoms with Gasteiger partial charge in [0, 0.05) is 19.6 Å². The number of primary amides is 1. The third kappa shape index (κ3) is 7.46. The van der Waals surface area contributed by atoms with Crippen LogP contribution in [0.15, 0.2) is 0 Å². The molecule has 0 heterocycles. The van der Waals surface area contributed by atoms with Crippen molar-refractivity contribution < 1.29 is 14.3 Å². The standard InChI is InChI=1S/C7H16N2O3/c1-11-2-3-12-5-6(8)4-7(9)10/h6H,2-5,8H2,1H3,(H2,9,10). The second kappa shape index (κ2) is 7.02. The molecule has 0 aliphatic rings. The summed E-state index contributed by atoms with van der Waals surface area (Å²) in [6.45, 7) is 1.36. The van der Waals surface area contributed by atoms with Crippen LogP contribution >= 0.6 is 0 Å². The van der Waals surface area contributed by atoms with Gasteiger partial charge in [-0.1, -0.05) is 0 Å². The van der Waals surface area contributed by atoms with Crippen molar-refractivity contribution in [3.63, 3.8) is 0 Å². The van der Waals surface area contributed by atoms with Gasteiger partial charge in [0.05, 0.1) is 19.8 Å². The molecule has 0 aliphatic heterocycles. The van der Waals surface area contributed by atoms with Gasteiger partial charge in [-0.15, -0.1) is 0 Å². The molecule has 72 valence electrons. The lowest BCUT2D eigenvalue weighted by atomic mass is 10.2. The average Bonchev–Trinajstić information content (AvgIpc) is 1.97. The van der Waals surface area contributed by atoms with Gasteiger partial charge in [-0.25, -0.2) is 0 Å². The van der Waals surface area contributed by atoms with E-state index in [0.717, 1.165) is 0 Å². The molecule has 0 saturated heterocycles. The van der Waals surface area contributed by atoms with Gasteiger partial charge in [0.1, 0.15) is 0 Å². The van der Waals surface area contributed by atoms with Gasteiger partial charge in [-0.05, 0) is 0 Å². The molecule has 0 spiro atoms. The molecule has 0 aromatic carbocycles. The summed E-state index contributed by atoms with van der Waals surface area (Å²) in [6.07, 6.45) is 0.160. The maximum Gasteiger partial charge on any atom is 0.219 e. The van der Waals surface area contributed by atoms with Crippen LogP contribution in [0.5, 0.6) is 0 Å². The van der Waals surface area contributed by atoms with Gasteiger partial charge < -0.3 is 20.9 Å². The molecule has 0 aromatic rings. The predicted molar refractivity (Wildman–Crippen MR) is 44.5 cm³/mol. The van der Waals surface area contributed by atoms with E-state index in [9.17, 15) is 4.79 Å². The van der Waals surface area contributed by atoms with Crippen LogP contribution in [-0.4, -0.2) is 38.9 Å². The maximum absolute atomic E-state index is 10.4. The molecule has 0 radical (unpaired) electrons. The minimum Gasteiger partial charge on any atom is -0.382 e. The van der Waals surface area contributed by atoms with Crippen LogP contribution in [0.4, 0.5) is 0 Å². The van der Waals surface area contributed by atoms with E-state index in [0.29, 0.717) is 19.8 Å². The summed E-state index contributed by atoms with van der Waals surface area (Å²) in [7, 11) is 1.59. The smallest absolute Gasteiger partial charge is 0.219 e. The Hall–Kier alpha value is -0.650. The lowest BCUT2D eigenvalue weighted by Gasteiger charge is -2.09. The molecule has 4 N–H and O–H groups in total. The summed E-state index contributed by atoms with van der Waals surface area (Å²) in [5.41, 5.74) is 10.4. The summed E-state index contributed by atoms with van der Waals surface area (Å²) >= 11 is 0. The van der Waals surface area contributed by atoms with Crippen LogP contribution in [0.3, 0.4) is 0 Å². The van der Waals surface area contributed by atoms with Crippen molar-refractivity contribution in [3.05, 3.63) is 0 Å². The van der Waals surface area contributed by atoms with Crippen molar-refractivity contribution in [1.82, 2.24) is 0 Å². The Kier molecular flexibility index (Phi) is 6.64. The predicted octanol–water partition coefficient (Wildman–Crippen LogP) is -1.15. The topological polar surface area (TPSA) is 87.6 Å². The number of methoxy groups -OCH3 is 1. The van der Waals surface area contributed by atoms with Crippen LogP contribution in [0.1, 0.15) is 6.42 Å². The van der Waals surface area contributed by atoms with Gasteiger partial charge in [-0.3, -0.25) is 4.79 Å². The van der Waals surface area contributed by atoms with Crippen LogP contribution in [0.25, 0.3) is 0 Å². The second-order valence-corrected chi connectivity index (χ2v) is 2.50. The van der Waals surface area contributed by atoms with E-state index in [4.69, 9.17) is 20.9 Å². The maximum atomic E-state index is 10.4. The van der Waals surface area contributed by atoms with E-state index in [-0.39, 0.29) is 12.5 Å². The Morgan fingerprint density at radius 1 is 1.50 bits per heavy atom. The van der Waals surface area contributed by atoms with E-state index >= 15 is 0 Å². The number of carbonyl (C=O) groups excluding carboxylic acids is 1. The highest BCUT2D eigenvalue weighted by molar-refractivity contribution is 5.74. The Balaban J connectivity index is 3.19. The van der Waals surface area contributed by atoms with Crippen molar-refractivity contribution in [2.24, 2.45) is 11.5 Å². The number of amides is 1. The van der Waals surface area contributed by atoms with Crippen LogP contribution < -0.4 is 11.5 Å². The van der Waals surface area contributed by atoms with Gasteiger partial charge in [0.15, 0.2) is 0 Å². The van der Waals surface area contributed by atoms with E-state index in [1.165, 1.54) is 0 Å². The minimum atomic E-state index is -0.405. The molecule has 0 rings (SSSR count). The number of nitrogens with two attached hydrogens (primary N) is 2. The Morgan fingerprint density at radius 2 is 2.17 bits per heavy atom. The molecule has 0 aliphatic carbocycles. The summed E-state index contributed by atoms with van der Waals surface area (Å²) in [6, 6.07) is -0.306. The normalized spacial score (nSPS) is 12.8. The van der Waals surface area contributed by atoms with Crippen molar-refractivity contribution in [1.29, 1.82) is 0 Å². The van der Waals surface area contributed by atoms with Gasteiger partial charge >= 0.3 is 0 Å². The van der Waals surface area contributed by atoms with Crippen molar-refractivity contribution >= 4 is 5.91 Å². The zero-order valence-electron chi connectivity index (χ0n) is 7.29. The summed E-state index contributed by atoms with van der Waals surface area (Å²) in [5.74, 6) is -0.405. The van der Waals surface area contributed by atoms with Crippen LogP contribution in [0, 0.1) is 0 Å². The van der Waals surface area contributed by atoms with E-state index in [1.54, 1.807) is 7.11 Å². The first-order valence-electron chi connectivity index (χ1n) is 3.77. The minimum absolute atomic E-state index is 0.160. The fourth-order valence-corrected chi connectivity index (χ4v) is 0.694. The highest BCUT2D eigenvalue weighted by Gasteiger charge is 2.05. The monoisotopic (exact) mass is 176 g/mol. The molecule has 1 amide bonds. The fraction of sp³-hybridized carbons (Fsp3) is 0.857. The number of carbonyl (C=O) groups is 1. The highest BCUT2D eigenvalue weighted by atomic mass is 16.5. The first-order chi connectivity index (χ1) is 5.66. The number of rotatable bonds is 7. The van der Waals surface area contributed by atoms with Crippen molar-refractivity contribution in [2.45, 2.75) is 12.5 Å². The lowest BCUT2D eigenvalue weighted by molar-refractivity contribution is -0.118. The van der Waals surface area contributed by atoms with Crippen molar-refractivity contribution in [3.8, 4) is 0 Å². The Bertz CT molecular complexity index is 130. The van der Waals surface area contributed by atoms with E-state index in [1.807, 2.05) is 0 Å². The Labute approximate surface area is 72.0 Å². The fourth-order valence-electron chi connectivity index (χ4n) is 0.694. The molecule has 5 nitrogen and oxygen atoms in total. The second-order valence-electron chi connectivity index (χ2n) is 2.50. The molecule has 1 unspecified atom stereocenters. The largest absolute Gasteiger partial charge is 0.382 e. The zero-order chi connectivity index (χ0) is 9.40. The number of hydrogen-bond donors (Lipinski definition) is 2. The molecular formula is C7H16N2O3. The van der Waals surface area contributed by atoms with Gasteiger partial charge in [0.25, 0.3) is 0 Å². The lowest BCUT2D eigenvalue weighted by Crippen LogP contribution is -2.32. The van der Waals surface area contributed by atoms with E-state index < -0.39 is 5.91 Å². The highest BCUT2D eigenvalue weighted by Crippen LogP contribution is 1.88. The van der Waals surface area contributed by atoms with Crippen molar-refractivity contribution in [2.75, 3.05) is 26.9 Å². The molecular weight excluding hydrogens is 160 g/mol. The molecule has 0 aromatic heterocycles. The summed E-state index contributed by atoms with van der Waals surface area (Å²) < 4.78 is 9.83. The SMILES string of the molecule is COCCOCC(N)CC(N)=O. The molecule has 12 heavy (non-hydrogen) atoms. The third-order valence-corrected chi connectivity index (χ3v) is 1.23. The molecule has 1 atom stereocenters. The van der Waals surface area contributed by atoms with Gasteiger partial charge in [0.2, 0.25) is 5.91 Å². The Morgan fingerprint density at radius 3 is 2.67 bits per heavy atom. The third-order valence-electron chi connectivity index (χ3n) is 1.23. The zero-order valence-corrected chi connectivity index (χ0v) is 7.29. The first-order valence-corrected chi connectivity index (χ1v) is 3.77. The van der Waals surface area contributed by atoms with Crippen LogP contribution in [0.2, 0.25) is 0 Å². The van der Waals surface area contributed by atoms with E-state index in [2.05, 4.69) is 0 Å². The molecule has 0 fully saturated rings. The van der Waals surface area contributed by atoms with Gasteiger partial charge in [-0.2, -0.15) is 0 Å². The molecule has 0 saturated carbocycles. The quantitative estimate of drug-likeness (QED) is 0.479. The molecule has 5 heteroatoms. The average molecular weight is 176 g/mol. The van der Waals surface area contributed by atoms with Crippen LogP contribution in [-0.2, 0) is 14.3 Å². The summed E-state index contributed by atoms with van der Waals surface area (Å²) in [4.78, 5) is 10.4. The number of ether oxygens (including phenoxy) is 2.